The maximum atomic E-state index is 12.0. The van der Waals surface area contributed by atoms with E-state index in [0.717, 1.165) is 11.0 Å². The van der Waals surface area contributed by atoms with Crippen molar-refractivity contribution in [3.8, 4) is 0 Å². The number of nitro benzene ring substituents is 1. The lowest BCUT2D eigenvalue weighted by atomic mass is 10.2. The molecule has 0 fully saturated rings. The molecule has 8 nitrogen and oxygen atoms in total. The van der Waals surface area contributed by atoms with Gasteiger partial charge < -0.3 is 14.5 Å². The topological polar surface area (TPSA) is 112 Å². The first kappa shape index (κ1) is 19.1. The number of carbonyl (C=O) groups is 2. The van der Waals surface area contributed by atoms with E-state index in [-0.39, 0.29) is 24.2 Å². The van der Waals surface area contributed by atoms with Gasteiger partial charge in [0.15, 0.2) is 6.10 Å². The van der Waals surface area contributed by atoms with Gasteiger partial charge in [0.2, 0.25) is 0 Å². The van der Waals surface area contributed by atoms with Crippen molar-refractivity contribution in [2.24, 2.45) is 0 Å². The van der Waals surface area contributed by atoms with Crippen molar-refractivity contribution in [1.29, 1.82) is 0 Å². The van der Waals surface area contributed by atoms with E-state index in [1.54, 1.807) is 6.92 Å². The Morgan fingerprint density at radius 1 is 1.18 bits per heavy atom. The molecule has 1 aromatic heterocycles. The van der Waals surface area contributed by atoms with Gasteiger partial charge in [0, 0.05) is 29.6 Å². The average molecular weight is 382 g/mol. The van der Waals surface area contributed by atoms with Gasteiger partial charge in [0.1, 0.15) is 11.3 Å². The van der Waals surface area contributed by atoms with Crippen LogP contribution in [0.4, 0.5) is 5.69 Å². The van der Waals surface area contributed by atoms with Crippen molar-refractivity contribution >= 4 is 28.5 Å². The SMILES string of the molecule is C[C@H](OC(=O)CCNC(=O)c1ccc([N+](=O)[O-])cc1)c1cc2ccccc2o1. The number of benzene rings is 2. The van der Waals surface area contributed by atoms with E-state index >= 15 is 0 Å². The minimum atomic E-state index is -0.551. The molecular weight excluding hydrogens is 364 g/mol. The second-order valence-corrected chi connectivity index (χ2v) is 6.13. The van der Waals surface area contributed by atoms with E-state index in [1.165, 1.54) is 24.3 Å². The molecule has 1 N–H and O–H groups in total. The zero-order chi connectivity index (χ0) is 20.1. The molecule has 0 aliphatic heterocycles. The van der Waals surface area contributed by atoms with Gasteiger partial charge in [-0.25, -0.2) is 0 Å². The number of amides is 1. The summed E-state index contributed by atoms with van der Waals surface area (Å²) in [4.78, 5) is 34.1. The predicted octanol–water partition coefficient (Wildman–Crippen LogP) is 3.77. The standard InChI is InChI=1S/C20H18N2O6/c1-13(18-12-15-4-2-3-5-17(15)28-18)27-19(23)10-11-21-20(24)14-6-8-16(9-7-14)22(25)26/h2-9,12-13H,10-11H2,1H3,(H,21,24)/t13-/m0/s1. The third kappa shape index (κ3) is 4.53. The summed E-state index contributed by atoms with van der Waals surface area (Å²) in [6, 6.07) is 14.5. The van der Waals surface area contributed by atoms with E-state index in [2.05, 4.69) is 5.32 Å². The molecule has 0 bridgehead atoms. The summed E-state index contributed by atoms with van der Waals surface area (Å²) in [5.41, 5.74) is 0.894. The number of nitrogens with zero attached hydrogens (tertiary/aromatic N) is 1. The van der Waals surface area contributed by atoms with Crippen LogP contribution in [-0.2, 0) is 9.53 Å². The molecule has 0 saturated carbocycles. The van der Waals surface area contributed by atoms with Crippen molar-refractivity contribution in [2.45, 2.75) is 19.4 Å². The summed E-state index contributed by atoms with van der Waals surface area (Å²) in [6.45, 7) is 1.80. The molecule has 0 radical (unpaired) electrons. The van der Waals surface area contributed by atoms with Crippen molar-refractivity contribution in [3.63, 3.8) is 0 Å². The van der Waals surface area contributed by atoms with Gasteiger partial charge >= 0.3 is 5.97 Å². The van der Waals surface area contributed by atoms with Crippen LogP contribution in [0, 0.1) is 10.1 Å². The first-order valence-corrected chi connectivity index (χ1v) is 8.64. The number of rotatable bonds is 7. The molecule has 0 aliphatic carbocycles. The van der Waals surface area contributed by atoms with Gasteiger partial charge in [-0.15, -0.1) is 0 Å². The molecule has 0 aliphatic rings. The first-order chi connectivity index (χ1) is 13.4. The van der Waals surface area contributed by atoms with Gasteiger partial charge in [-0.3, -0.25) is 19.7 Å². The van der Waals surface area contributed by atoms with Gasteiger partial charge in [0.25, 0.3) is 11.6 Å². The van der Waals surface area contributed by atoms with Gasteiger partial charge in [-0.05, 0) is 31.2 Å². The van der Waals surface area contributed by atoms with E-state index in [9.17, 15) is 19.7 Å². The average Bonchev–Trinajstić information content (AvgIpc) is 3.12. The fraction of sp³-hybridized carbons (Fsp3) is 0.200. The molecule has 2 aromatic carbocycles. The lowest BCUT2D eigenvalue weighted by molar-refractivity contribution is -0.384. The number of esters is 1. The molecular formula is C20H18N2O6. The van der Waals surface area contributed by atoms with Crippen LogP contribution in [0.2, 0.25) is 0 Å². The summed E-state index contributed by atoms with van der Waals surface area (Å²) in [5.74, 6) is -0.352. The van der Waals surface area contributed by atoms with Crippen LogP contribution < -0.4 is 5.32 Å². The van der Waals surface area contributed by atoms with Crippen molar-refractivity contribution in [1.82, 2.24) is 5.32 Å². The van der Waals surface area contributed by atoms with Crippen LogP contribution in [-0.4, -0.2) is 23.3 Å². The third-order valence-electron chi connectivity index (χ3n) is 4.11. The highest BCUT2D eigenvalue weighted by atomic mass is 16.6. The monoisotopic (exact) mass is 382 g/mol. The summed E-state index contributed by atoms with van der Waals surface area (Å²) in [6.07, 6.45) is -0.561. The van der Waals surface area contributed by atoms with Crippen LogP contribution in [0.15, 0.2) is 59.0 Å². The van der Waals surface area contributed by atoms with E-state index in [4.69, 9.17) is 9.15 Å². The van der Waals surface area contributed by atoms with Crippen molar-refractivity contribution in [2.75, 3.05) is 6.54 Å². The van der Waals surface area contributed by atoms with Gasteiger partial charge in [-0.2, -0.15) is 0 Å². The Labute approximate surface area is 160 Å². The van der Waals surface area contributed by atoms with E-state index in [1.807, 2.05) is 30.3 Å². The van der Waals surface area contributed by atoms with E-state index in [0.29, 0.717) is 5.76 Å². The van der Waals surface area contributed by atoms with Gasteiger partial charge in [0.05, 0.1) is 11.3 Å². The summed E-state index contributed by atoms with van der Waals surface area (Å²) in [7, 11) is 0. The normalized spacial score (nSPS) is 11.8. The Bertz CT molecular complexity index is 976. The molecule has 1 atom stereocenters. The largest absolute Gasteiger partial charge is 0.457 e. The van der Waals surface area contributed by atoms with Crippen LogP contribution in [0.3, 0.4) is 0 Å². The van der Waals surface area contributed by atoms with Crippen molar-refractivity contribution in [3.05, 3.63) is 76.0 Å². The fourth-order valence-electron chi connectivity index (χ4n) is 2.63. The predicted molar refractivity (Wildman–Crippen MR) is 101 cm³/mol. The maximum Gasteiger partial charge on any atom is 0.308 e. The number of hydrogen-bond donors (Lipinski definition) is 1. The molecule has 28 heavy (non-hydrogen) atoms. The summed E-state index contributed by atoms with van der Waals surface area (Å²) < 4.78 is 11.0. The molecule has 0 spiro atoms. The lowest BCUT2D eigenvalue weighted by Crippen LogP contribution is -2.26. The number of fused-ring (bicyclic) bond motifs is 1. The molecule has 1 heterocycles. The fourth-order valence-corrected chi connectivity index (χ4v) is 2.63. The van der Waals surface area contributed by atoms with Crippen LogP contribution in [0.5, 0.6) is 0 Å². The molecule has 0 unspecified atom stereocenters. The Morgan fingerprint density at radius 3 is 2.57 bits per heavy atom. The van der Waals surface area contributed by atoms with Crippen LogP contribution in [0.25, 0.3) is 11.0 Å². The Hall–Kier alpha value is -3.68. The number of ether oxygens (including phenoxy) is 1. The van der Waals surface area contributed by atoms with Crippen LogP contribution >= 0.6 is 0 Å². The number of nitrogens with one attached hydrogen (secondary N) is 1. The smallest absolute Gasteiger partial charge is 0.308 e. The minimum absolute atomic E-state index is 0.0106. The summed E-state index contributed by atoms with van der Waals surface area (Å²) in [5, 5.41) is 14.1. The lowest BCUT2D eigenvalue weighted by Gasteiger charge is -2.11. The van der Waals surface area contributed by atoms with Crippen molar-refractivity contribution < 1.29 is 23.7 Å². The number of nitro groups is 1. The number of furan rings is 1. The molecule has 8 heteroatoms. The molecule has 3 aromatic rings. The number of carbonyl (C=O) groups excluding carboxylic acids is 2. The second-order valence-electron chi connectivity index (χ2n) is 6.13. The number of hydrogen-bond acceptors (Lipinski definition) is 6. The number of non-ortho nitro benzene ring substituents is 1. The Kier molecular flexibility index (Phi) is 5.69. The Morgan fingerprint density at radius 2 is 1.89 bits per heavy atom. The minimum Gasteiger partial charge on any atom is -0.457 e. The van der Waals surface area contributed by atoms with Crippen LogP contribution in [0.1, 0.15) is 35.6 Å². The molecule has 1 amide bonds. The molecule has 144 valence electrons. The zero-order valence-electron chi connectivity index (χ0n) is 15.1. The quantitative estimate of drug-likeness (QED) is 0.378. The summed E-state index contributed by atoms with van der Waals surface area (Å²) >= 11 is 0. The number of para-hydroxylation sites is 1. The molecule has 3 rings (SSSR count). The highest BCUT2D eigenvalue weighted by Gasteiger charge is 2.16. The van der Waals surface area contributed by atoms with E-state index < -0.39 is 22.9 Å². The zero-order valence-corrected chi connectivity index (χ0v) is 15.1. The van der Waals surface area contributed by atoms with Gasteiger partial charge in [-0.1, -0.05) is 18.2 Å². The maximum absolute atomic E-state index is 12.0. The third-order valence-corrected chi connectivity index (χ3v) is 4.11. The second kappa shape index (κ2) is 8.34. The molecule has 0 saturated heterocycles. The highest BCUT2D eigenvalue weighted by molar-refractivity contribution is 5.94. The first-order valence-electron chi connectivity index (χ1n) is 8.64. The highest BCUT2D eigenvalue weighted by Crippen LogP contribution is 2.25. The Balaban J connectivity index is 1.47.